The van der Waals surface area contributed by atoms with E-state index in [-0.39, 0.29) is 29.4 Å². The summed E-state index contributed by atoms with van der Waals surface area (Å²) >= 11 is 0. The summed E-state index contributed by atoms with van der Waals surface area (Å²) in [6.45, 7) is 2.19. The van der Waals surface area contributed by atoms with E-state index in [1.807, 2.05) is 6.07 Å². The normalized spacial score (nSPS) is 11.8. The Bertz CT molecular complexity index is 1270. The number of pyridine rings is 1. The highest BCUT2D eigenvalue weighted by Gasteiger charge is 2.25. The molecular formula is C23H26N4O4S. The molecule has 0 saturated carbocycles. The number of carboxylic acids is 1. The summed E-state index contributed by atoms with van der Waals surface area (Å²) in [5.41, 5.74) is 13.3. The van der Waals surface area contributed by atoms with E-state index in [2.05, 4.69) is 4.98 Å². The van der Waals surface area contributed by atoms with Crippen LogP contribution in [0.2, 0.25) is 0 Å². The average Bonchev–Trinajstić information content (AvgIpc) is 2.78. The number of rotatable bonds is 9. The van der Waals surface area contributed by atoms with Crippen molar-refractivity contribution in [1.82, 2.24) is 9.29 Å². The van der Waals surface area contributed by atoms with Gasteiger partial charge in [-0.1, -0.05) is 30.3 Å². The van der Waals surface area contributed by atoms with Gasteiger partial charge in [-0.05, 0) is 49.1 Å². The summed E-state index contributed by atoms with van der Waals surface area (Å²) in [6, 6.07) is 11.6. The first-order valence-corrected chi connectivity index (χ1v) is 11.5. The van der Waals surface area contributed by atoms with Crippen LogP contribution < -0.4 is 11.5 Å². The van der Waals surface area contributed by atoms with Crippen LogP contribution in [0.3, 0.4) is 0 Å². The van der Waals surface area contributed by atoms with E-state index in [4.69, 9.17) is 16.6 Å². The molecule has 0 radical (unpaired) electrons. The van der Waals surface area contributed by atoms with Gasteiger partial charge in [-0.2, -0.15) is 0 Å². The van der Waals surface area contributed by atoms with Crippen molar-refractivity contribution in [3.8, 4) is 0 Å². The Morgan fingerprint density at radius 2 is 1.97 bits per heavy atom. The molecule has 168 valence electrons. The van der Waals surface area contributed by atoms with Gasteiger partial charge in [-0.15, -0.1) is 0 Å². The highest BCUT2D eigenvalue weighted by Crippen LogP contribution is 2.31. The van der Waals surface area contributed by atoms with Gasteiger partial charge in [0.05, 0.1) is 10.5 Å². The number of aryl methyl sites for hydroxylation is 2. The molecule has 3 aromatic rings. The lowest BCUT2D eigenvalue weighted by Crippen LogP contribution is -2.28. The number of nitrogen functional groups attached to an aromatic ring is 1. The Kier molecular flexibility index (Phi) is 7.12. The van der Waals surface area contributed by atoms with Gasteiger partial charge >= 0.3 is 5.97 Å². The number of sulfonamides is 1. The minimum atomic E-state index is -3.90. The van der Waals surface area contributed by atoms with Crippen LogP contribution in [0, 0.1) is 6.92 Å². The summed E-state index contributed by atoms with van der Waals surface area (Å²) in [4.78, 5) is 15.5. The molecule has 0 fully saturated rings. The van der Waals surface area contributed by atoms with E-state index in [1.165, 1.54) is 16.6 Å². The van der Waals surface area contributed by atoms with E-state index < -0.39 is 16.0 Å². The van der Waals surface area contributed by atoms with E-state index in [9.17, 15) is 13.2 Å². The highest BCUT2D eigenvalue weighted by atomic mass is 32.2. The van der Waals surface area contributed by atoms with Crippen LogP contribution in [0.5, 0.6) is 0 Å². The van der Waals surface area contributed by atoms with Crippen LogP contribution in [0.25, 0.3) is 10.8 Å². The summed E-state index contributed by atoms with van der Waals surface area (Å²) in [6.07, 6.45) is 5.63. The molecule has 3 rings (SSSR count). The van der Waals surface area contributed by atoms with Gasteiger partial charge in [-0.25, -0.2) is 18.2 Å². The van der Waals surface area contributed by atoms with Crippen LogP contribution in [0.1, 0.15) is 27.9 Å². The molecule has 32 heavy (non-hydrogen) atoms. The summed E-state index contributed by atoms with van der Waals surface area (Å²) < 4.78 is 28.5. The smallest absolute Gasteiger partial charge is 0.335 e. The van der Waals surface area contributed by atoms with Crippen molar-refractivity contribution in [2.75, 3.05) is 18.8 Å². The SMILES string of the molecule is Cc1cnc(N)c2cccc(S(=O)(=O)N(C=CCN)CCCc3cccc(C(=O)O)c3)c12. The van der Waals surface area contributed by atoms with Crippen molar-refractivity contribution < 1.29 is 18.3 Å². The second kappa shape index (κ2) is 9.80. The van der Waals surface area contributed by atoms with E-state index in [1.54, 1.807) is 49.5 Å². The number of carboxylic acid groups (broad SMARTS) is 1. The van der Waals surface area contributed by atoms with Crippen molar-refractivity contribution >= 4 is 32.6 Å². The molecule has 0 aliphatic heterocycles. The molecule has 0 amide bonds. The van der Waals surface area contributed by atoms with E-state index >= 15 is 0 Å². The zero-order chi connectivity index (χ0) is 23.3. The van der Waals surface area contributed by atoms with Gasteiger partial charge in [0.2, 0.25) is 0 Å². The van der Waals surface area contributed by atoms with Crippen LogP contribution in [-0.2, 0) is 16.4 Å². The Morgan fingerprint density at radius 3 is 2.69 bits per heavy atom. The lowest BCUT2D eigenvalue weighted by atomic mass is 10.1. The number of nitrogens with zero attached hydrogens (tertiary/aromatic N) is 2. The Hall–Kier alpha value is -3.43. The number of benzene rings is 2. The molecule has 0 atom stereocenters. The molecule has 5 N–H and O–H groups in total. The molecule has 2 aromatic carbocycles. The van der Waals surface area contributed by atoms with Gasteiger partial charge in [-0.3, -0.25) is 4.31 Å². The fourth-order valence-electron chi connectivity index (χ4n) is 3.55. The van der Waals surface area contributed by atoms with Crippen molar-refractivity contribution in [2.24, 2.45) is 5.73 Å². The molecule has 0 aliphatic carbocycles. The lowest BCUT2D eigenvalue weighted by molar-refractivity contribution is 0.0696. The first kappa shape index (κ1) is 23.2. The Morgan fingerprint density at radius 1 is 1.22 bits per heavy atom. The van der Waals surface area contributed by atoms with E-state index in [0.717, 1.165) is 5.56 Å². The number of hydrogen-bond acceptors (Lipinski definition) is 6. The quantitative estimate of drug-likeness (QED) is 0.451. The zero-order valence-electron chi connectivity index (χ0n) is 17.7. The Labute approximate surface area is 187 Å². The number of fused-ring (bicyclic) bond motifs is 1. The minimum absolute atomic E-state index is 0.149. The number of nitrogens with two attached hydrogens (primary N) is 2. The maximum Gasteiger partial charge on any atom is 0.335 e. The molecule has 0 bridgehead atoms. The second-order valence-electron chi connectivity index (χ2n) is 7.35. The zero-order valence-corrected chi connectivity index (χ0v) is 18.5. The van der Waals surface area contributed by atoms with Gasteiger partial charge in [0.1, 0.15) is 5.82 Å². The number of carbonyl (C=O) groups is 1. The van der Waals surface area contributed by atoms with E-state index in [0.29, 0.717) is 29.2 Å². The van der Waals surface area contributed by atoms with Gasteiger partial charge < -0.3 is 16.6 Å². The molecule has 0 unspecified atom stereocenters. The van der Waals surface area contributed by atoms with Crippen LogP contribution >= 0.6 is 0 Å². The first-order chi connectivity index (χ1) is 15.3. The van der Waals surface area contributed by atoms with Crippen molar-refractivity contribution in [2.45, 2.75) is 24.7 Å². The molecule has 9 heteroatoms. The van der Waals surface area contributed by atoms with Crippen molar-refractivity contribution in [1.29, 1.82) is 0 Å². The number of aromatic carboxylic acids is 1. The molecule has 0 aliphatic rings. The molecule has 0 saturated heterocycles. The predicted molar refractivity (Wildman–Crippen MR) is 125 cm³/mol. The highest BCUT2D eigenvalue weighted by molar-refractivity contribution is 7.89. The molecule has 1 aromatic heterocycles. The summed E-state index contributed by atoms with van der Waals surface area (Å²) in [5.74, 6) is -0.730. The summed E-state index contributed by atoms with van der Waals surface area (Å²) in [5, 5.41) is 10.3. The maximum atomic E-state index is 13.6. The maximum absolute atomic E-state index is 13.6. The second-order valence-corrected chi connectivity index (χ2v) is 9.21. The van der Waals surface area contributed by atoms with Crippen LogP contribution in [0.15, 0.2) is 65.8 Å². The monoisotopic (exact) mass is 454 g/mol. The molecular weight excluding hydrogens is 428 g/mol. The fourth-order valence-corrected chi connectivity index (χ4v) is 5.19. The molecule has 0 spiro atoms. The summed E-state index contributed by atoms with van der Waals surface area (Å²) in [7, 11) is -3.90. The average molecular weight is 455 g/mol. The first-order valence-electron chi connectivity index (χ1n) is 10.1. The van der Waals surface area contributed by atoms with Crippen molar-refractivity contribution in [3.05, 3.63) is 77.6 Å². The van der Waals surface area contributed by atoms with Gasteiger partial charge in [0.15, 0.2) is 0 Å². The third kappa shape index (κ3) is 4.90. The van der Waals surface area contributed by atoms with Crippen LogP contribution in [0.4, 0.5) is 5.82 Å². The third-order valence-corrected chi connectivity index (χ3v) is 6.92. The largest absolute Gasteiger partial charge is 0.478 e. The van der Waals surface area contributed by atoms with Crippen LogP contribution in [-0.4, -0.2) is 41.9 Å². The number of anilines is 1. The Balaban J connectivity index is 1.91. The van der Waals surface area contributed by atoms with Crippen molar-refractivity contribution in [3.63, 3.8) is 0 Å². The topological polar surface area (TPSA) is 140 Å². The minimum Gasteiger partial charge on any atom is -0.478 e. The fraction of sp³-hybridized carbons (Fsp3) is 0.217. The number of aromatic nitrogens is 1. The predicted octanol–water partition coefficient (Wildman–Crippen LogP) is 2.92. The molecule has 1 heterocycles. The van der Waals surface area contributed by atoms with Gasteiger partial charge in [0, 0.05) is 36.3 Å². The molecule has 8 nitrogen and oxygen atoms in total. The third-order valence-electron chi connectivity index (χ3n) is 5.11. The standard InChI is InChI=1S/C23H26N4O4S/c1-16-15-26-22(25)19-9-3-10-20(21(16)19)32(30,31)27(13-5-11-24)12-4-7-17-6-2-8-18(14-17)23(28)29/h2-3,5-6,8-10,13-15H,4,7,11-12,24H2,1H3,(H2,25,26)(H,28,29). The lowest BCUT2D eigenvalue weighted by Gasteiger charge is -2.22. The van der Waals surface area contributed by atoms with Gasteiger partial charge in [0.25, 0.3) is 10.0 Å². The number of hydrogen-bond donors (Lipinski definition) is 3.